The summed E-state index contributed by atoms with van der Waals surface area (Å²) in [6, 6.07) is 0. The third-order valence-corrected chi connectivity index (χ3v) is 2.00. The predicted molar refractivity (Wildman–Crippen MR) is 45.6 cm³/mol. The van der Waals surface area contributed by atoms with Crippen molar-refractivity contribution in [2.45, 2.75) is 13.3 Å². The normalized spacial score (nSPS) is 11.2. The molecule has 0 N–H and O–H groups in total. The van der Waals surface area contributed by atoms with E-state index in [0.29, 0.717) is 6.61 Å². The van der Waals surface area contributed by atoms with Crippen molar-refractivity contribution in [3.05, 3.63) is 0 Å². The lowest BCUT2D eigenvalue weighted by atomic mass is 10.5. The Hall–Kier alpha value is -0.300. The Balaban J connectivity index is 3.62. The molecule has 0 saturated heterocycles. The van der Waals surface area contributed by atoms with Gasteiger partial charge in [-0.2, -0.15) is 0 Å². The van der Waals surface area contributed by atoms with Gasteiger partial charge in [0.2, 0.25) is 0 Å². The third kappa shape index (κ3) is 7.60. The Morgan fingerprint density at radius 2 is 2.00 bits per heavy atom. The monoisotopic (exact) mass is 178 g/mol. The molecule has 0 unspecified atom stereocenters. The zero-order chi connectivity index (χ0) is 8.91. The van der Waals surface area contributed by atoms with Crippen LogP contribution in [0.5, 0.6) is 0 Å². The molecular formula is C7H15O3P. The molecule has 0 fully saturated rings. The van der Waals surface area contributed by atoms with E-state index >= 15 is 0 Å². The van der Waals surface area contributed by atoms with Crippen molar-refractivity contribution >= 4 is 13.1 Å². The van der Waals surface area contributed by atoms with Crippen molar-refractivity contribution in [1.82, 2.24) is 0 Å². The lowest BCUT2D eigenvalue weighted by Crippen LogP contribution is -2.09. The second-order valence-corrected chi connectivity index (χ2v) is 6.42. The Bertz CT molecular complexity index is 171. The van der Waals surface area contributed by atoms with E-state index in [1.807, 2.05) is 6.92 Å². The molecule has 11 heavy (non-hydrogen) atoms. The van der Waals surface area contributed by atoms with Crippen molar-refractivity contribution in [3.63, 3.8) is 0 Å². The second kappa shape index (κ2) is 4.55. The zero-order valence-corrected chi connectivity index (χ0v) is 8.19. The van der Waals surface area contributed by atoms with Crippen LogP contribution < -0.4 is 0 Å². The molecule has 0 spiro atoms. The topological polar surface area (TPSA) is 43.4 Å². The maximum absolute atomic E-state index is 11.1. The van der Waals surface area contributed by atoms with Gasteiger partial charge >= 0.3 is 5.97 Å². The Labute approximate surface area is 67.5 Å². The van der Waals surface area contributed by atoms with Gasteiger partial charge in [0.25, 0.3) is 0 Å². The van der Waals surface area contributed by atoms with Gasteiger partial charge in [-0.3, -0.25) is 4.79 Å². The van der Waals surface area contributed by atoms with E-state index in [9.17, 15) is 9.36 Å². The summed E-state index contributed by atoms with van der Waals surface area (Å²) in [6.07, 6.45) is 0.871. The van der Waals surface area contributed by atoms with Gasteiger partial charge < -0.3 is 9.30 Å². The van der Waals surface area contributed by atoms with Gasteiger partial charge in [-0.15, -0.1) is 0 Å². The summed E-state index contributed by atoms with van der Waals surface area (Å²) in [5.74, 6) is -0.347. The highest BCUT2D eigenvalue weighted by atomic mass is 31.2. The highest BCUT2D eigenvalue weighted by molar-refractivity contribution is 7.63. The van der Waals surface area contributed by atoms with E-state index in [0.717, 1.165) is 6.42 Å². The Morgan fingerprint density at radius 1 is 1.45 bits per heavy atom. The van der Waals surface area contributed by atoms with Crippen LogP contribution in [0.3, 0.4) is 0 Å². The molecular weight excluding hydrogens is 163 g/mol. The van der Waals surface area contributed by atoms with Crippen LogP contribution in [0.15, 0.2) is 0 Å². The van der Waals surface area contributed by atoms with E-state index in [-0.39, 0.29) is 12.1 Å². The smallest absolute Gasteiger partial charge is 0.313 e. The number of rotatable bonds is 4. The largest absolute Gasteiger partial charge is 0.465 e. The van der Waals surface area contributed by atoms with Crippen LogP contribution in [0.1, 0.15) is 13.3 Å². The summed E-state index contributed by atoms with van der Waals surface area (Å²) >= 11 is 0. The molecule has 0 atom stereocenters. The average molecular weight is 178 g/mol. The third-order valence-electron chi connectivity index (χ3n) is 0.977. The van der Waals surface area contributed by atoms with Gasteiger partial charge in [-0.05, 0) is 19.8 Å². The summed E-state index contributed by atoms with van der Waals surface area (Å²) in [7, 11) is -2.24. The number of hydrogen-bond donors (Lipinski definition) is 0. The fraction of sp³-hybridized carbons (Fsp3) is 0.857. The van der Waals surface area contributed by atoms with Gasteiger partial charge in [0.05, 0.1) is 19.9 Å². The molecule has 66 valence electrons. The van der Waals surface area contributed by atoms with Crippen LogP contribution in [-0.4, -0.2) is 32.1 Å². The molecule has 0 aromatic heterocycles. The van der Waals surface area contributed by atoms with Crippen molar-refractivity contribution < 1.29 is 14.1 Å². The van der Waals surface area contributed by atoms with Gasteiger partial charge in [-0.1, -0.05) is 6.92 Å². The Kier molecular flexibility index (Phi) is 4.43. The maximum atomic E-state index is 11.1. The molecule has 0 aliphatic rings. The lowest BCUT2D eigenvalue weighted by Gasteiger charge is -2.05. The summed E-state index contributed by atoms with van der Waals surface area (Å²) < 4.78 is 15.8. The minimum atomic E-state index is -2.24. The maximum Gasteiger partial charge on any atom is 0.313 e. The number of hydrogen-bond acceptors (Lipinski definition) is 3. The molecule has 0 rings (SSSR count). The first-order valence-corrected chi connectivity index (χ1v) is 6.44. The fourth-order valence-corrected chi connectivity index (χ4v) is 1.29. The van der Waals surface area contributed by atoms with E-state index in [1.54, 1.807) is 13.3 Å². The first kappa shape index (κ1) is 10.7. The number of esters is 1. The summed E-state index contributed by atoms with van der Waals surface area (Å²) in [6.45, 7) is 5.52. The Morgan fingerprint density at radius 3 is 2.36 bits per heavy atom. The van der Waals surface area contributed by atoms with Crippen LogP contribution in [-0.2, 0) is 14.1 Å². The molecule has 0 radical (unpaired) electrons. The zero-order valence-electron chi connectivity index (χ0n) is 7.29. The molecule has 0 aromatic rings. The second-order valence-electron chi connectivity index (χ2n) is 2.95. The lowest BCUT2D eigenvalue weighted by molar-refractivity contribution is -0.140. The molecule has 0 aliphatic heterocycles. The van der Waals surface area contributed by atoms with Crippen LogP contribution in [0, 0.1) is 0 Å². The molecule has 4 heteroatoms. The van der Waals surface area contributed by atoms with Crippen LogP contribution >= 0.6 is 7.14 Å². The van der Waals surface area contributed by atoms with Crippen molar-refractivity contribution in [2.24, 2.45) is 0 Å². The van der Waals surface area contributed by atoms with Crippen molar-refractivity contribution in [1.29, 1.82) is 0 Å². The highest BCUT2D eigenvalue weighted by Crippen LogP contribution is 2.35. The van der Waals surface area contributed by atoms with Crippen LogP contribution in [0.4, 0.5) is 0 Å². The summed E-state index contributed by atoms with van der Waals surface area (Å²) in [5, 5.41) is 0. The molecule has 0 heterocycles. The molecule has 0 aromatic carbocycles. The number of ether oxygens (including phenoxy) is 1. The van der Waals surface area contributed by atoms with Crippen molar-refractivity contribution in [2.75, 3.05) is 26.1 Å². The van der Waals surface area contributed by atoms with Crippen LogP contribution in [0.2, 0.25) is 0 Å². The molecule has 0 amide bonds. The molecule has 0 aliphatic carbocycles. The van der Waals surface area contributed by atoms with Crippen LogP contribution in [0.25, 0.3) is 0 Å². The highest BCUT2D eigenvalue weighted by Gasteiger charge is 2.14. The molecule has 0 bridgehead atoms. The quantitative estimate of drug-likeness (QED) is 0.484. The number of carbonyl (C=O) groups excluding carboxylic acids is 1. The first-order chi connectivity index (χ1) is 4.95. The fourth-order valence-electron chi connectivity index (χ4n) is 0.572. The summed E-state index contributed by atoms with van der Waals surface area (Å²) in [4.78, 5) is 10.8. The average Bonchev–Trinajstić information content (AvgIpc) is 1.79. The van der Waals surface area contributed by atoms with E-state index in [1.165, 1.54) is 0 Å². The van der Waals surface area contributed by atoms with Crippen molar-refractivity contribution in [3.8, 4) is 0 Å². The minimum Gasteiger partial charge on any atom is -0.465 e. The molecule has 3 nitrogen and oxygen atoms in total. The first-order valence-electron chi connectivity index (χ1n) is 3.65. The van der Waals surface area contributed by atoms with E-state index in [4.69, 9.17) is 4.74 Å². The van der Waals surface area contributed by atoms with Gasteiger partial charge in [0.15, 0.2) is 0 Å². The van der Waals surface area contributed by atoms with Gasteiger partial charge in [-0.25, -0.2) is 0 Å². The molecule has 0 saturated carbocycles. The number of carbonyl (C=O) groups is 1. The predicted octanol–water partition coefficient (Wildman–Crippen LogP) is 1.56. The van der Waals surface area contributed by atoms with E-state index in [2.05, 4.69) is 0 Å². The van der Waals surface area contributed by atoms with Gasteiger partial charge in [0, 0.05) is 0 Å². The van der Waals surface area contributed by atoms with Gasteiger partial charge in [0.1, 0.15) is 0 Å². The SMILES string of the molecule is CCCOC(=O)CP(C)(C)=O. The minimum absolute atomic E-state index is 0.0625. The summed E-state index contributed by atoms with van der Waals surface area (Å²) in [5.41, 5.74) is 0. The standard InChI is InChI=1S/C7H15O3P/c1-4-5-10-7(8)6-11(2,3)9/h4-6H2,1-3H3. The van der Waals surface area contributed by atoms with E-state index < -0.39 is 7.14 Å².